The maximum absolute atomic E-state index is 12.1. The van der Waals surface area contributed by atoms with Gasteiger partial charge in [0.2, 0.25) is 0 Å². The molecule has 18 heavy (non-hydrogen) atoms. The molecule has 2 rings (SSSR count). The Hall–Kier alpha value is -0.210. The third kappa shape index (κ3) is 3.64. The molecular weight excluding hydrogens is 294 g/mol. The molecule has 1 aliphatic heterocycles. The van der Waals surface area contributed by atoms with Crippen molar-refractivity contribution in [3.05, 3.63) is 11.2 Å². The van der Waals surface area contributed by atoms with Crippen LogP contribution in [0.15, 0.2) is 10.4 Å². The Morgan fingerprint density at radius 1 is 1.56 bits per heavy atom. The Balaban J connectivity index is 0.00000162. The Morgan fingerprint density at radius 2 is 2.28 bits per heavy atom. The van der Waals surface area contributed by atoms with Crippen LogP contribution < -0.4 is 10.0 Å². The first-order valence-corrected chi connectivity index (χ1v) is 7.94. The number of thiazole rings is 1. The van der Waals surface area contributed by atoms with Gasteiger partial charge in [0, 0.05) is 6.04 Å². The summed E-state index contributed by atoms with van der Waals surface area (Å²) < 4.78 is 27.3. The summed E-state index contributed by atoms with van der Waals surface area (Å²) in [5, 5.41) is 4.02. The minimum absolute atomic E-state index is 0. The van der Waals surface area contributed by atoms with E-state index in [4.69, 9.17) is 0 Å². The summed E-state index contributed by atoms with van der Waals surface area (Å²) in [4.78, 5) is 3.98. The van der Waals surface area contributed by atoms with Crippen molar-refractivity contribution in [1.29, 1.82) is 0 Å². The average molecular weight is 312 g/mol. The second-order valence-electron chi connectivity index (χ2n) is 4.40. The topological polar surface area (TPSA) is 71.1 Å². The number of piperidine rings is 1. The van der Waals surface area contributed by atoms with Gasteiger partial charge >= 0.3 is 0 Å². The van der Waals surface area contributed by atoms with E-state index in [2.05, 4.69) is 21.9 Å². The molecule has 0 radical (unpaired) electrons. The number of nitrogens with one attached hydrogen (secondary N) is 2. The van der Waals surface area contributed by atoms with Crippen molar-refractivity contribution in [3.63, 3.8) is 0 Å². The van der Waals surface area contributed by atoms with E-state index in [9.17, 15) is 8.42 Å². The SMILES string of the molecule is Cc1ncc(S(=O)(=O)NC2CCNCC2C)s1.Cl. The normalized spacial score (nSPS) is 24.6. The van der Waals surface area contributed by atoms with E-state index in [1.165, 1.54) is 17.5 Å². The highest BCUT2D eigenvalue weighted by Gasteiger charge is 2.27. The van der Waals surface area contributed by atoms with Crippen LogP contribution in [0, 0.1) is 12.8 Å². The molecule has 1 aliphatic rings. The van der Waals surface area contributed by atoms with E-state index in [0.29, 0.717) is 10.1 Å². The number of nitrogens with zero attached hydrogens (tertiary/aromatic N) is 1. The third-order valence-electron chi connectivity index (χ3n) is 2.96. The average Bonchev–Trinajstić information content (AvgIpc) is 2.69. The van der Waals surface area contributed by atoms with Gasteiger partial charge in [-0.15, -0.1) is 23.7 Å². The molecule has 0 amide bonds. The maximum atomic E-state index is 12.1. The molecular formula is C10H18ClN3O2S2. The molecule has 0 saturated carbocycles. The minimum atomic E-state index is -3.39. The van der Waals surface area contributed by atoms with Gasteiger partial charge in [0.05, 0.1) is 11.2 Å². The lowest BCUT2D eigenvalue weighted by molar-refractivity contribution is 0.328. The van der Waals surface area contributed by atoms with Crippen LogP contribution in [-0.4, -0.2) is 32.5 Å². The number of hydrogen-bond donors (Lipinski definition) is 2. The molecule has 2 atom stereocenters. The molecule has 5 nitrogen and oxygen atoms in total. The molecule has 1 saturated heterocycles. The van der Waals surface area contributed by atoms with Gasteiger partial charge in [-0.2, -0.15) is 0 Å². The molecule has 2 unspecified atom stereocenters. The highest BCUT2D eigenvalue weighted by atomic mass is 35.5. The molecule has 0 aliphatic carbocycles. The molecule has 1 aromatic rings. The first kappa shape index (κ1) is 15.8. The Kier molecular flexibility index (Phi) is 5.54. The lowest BCUT2D eigenvalue weighted by atomic mass is 9.97. The lowest BCUT2D eigenvalue weighted by Crippen LogP contribution is -2.48. The summed E-state index contributed by atoms with van der Waals surface area (Å²) >= 11 is 1.21. The van der Waals surface area contributed by atoms with Crippen LogP contribution in [0.25, 0.3) is 0 Å². The maximum Gasteiger partial charge on any atom is 0.251 e. The third-order valence-corrected chi connectivity index (χ3v) is 5.82. The van der Waals surface area contributed by atoms with Crippen LogP contribution in [0.2, 0.25) is 0 Å². The Morgan fingerprint density at radius 3 is 2.83 bits per heavy atom. The second kappa shape index (κ2) is 6.29. The van der Waals surface area contributed by atoms with Crippen molar-refractivity contribution >= 4 is 33.8 Å². The standard InChI is InChI=1S/C10H17N3O2S2.ClH/c1-7-5-11-4-3-9(7)13-17(14,15)10-6-12-8(2)16-10;/h6-7,9,11,13H,3-5H2,1-2H3;1H. The van der Waals surface area contributed by atoms with Gasteiger partial charge in [-0.1, -0.05) is 6.92 Å². The highest BCUT2D eigenvalue weighted by Crippen LogP contribution is 2.20. The fourth-order valence-electron chi connectivity index (χ4n) is 1.91. The van der Waals surface area contributed by atoms with Crippen LogP contribution in [-0.2, 0) is 10.0 Å². The lowest BCUT2D eigenvalue weighted by Gasteiger charge is -2.29. The first-order valence-electron chi connectivity index (χ1n) is 5.64. The van der Waals surface area contributed by atoms with E-state index in [1.54, 1.807) is 6.92 Å². The quantitative estimate of drug-likeness (QED) is 0.878. The molecule has 0 spiro atoms. The van der Waals surface area contributed by atoms with Gasteiger partial charge in [-0.05, 0) is 32.4 Å². The number of aromatic nitrogens is 1. The van der Waals surface area contributed by atoms with Crippen molar-refractivity contribution in [2.45, 2.75) is 30.5 Å². The van der Waals surface area contributed by atoms with Gasteiger partial charge in [-0.25, -0.2) is 18.1 Å². The Labute approximate surface area is 118 Å². The number of sulfonamides is 1. The molecule has 2 heterocycles. The van der Waals surface area contributed by atoms with E-state index < -0.39 is 10.0 Å². The number of hydrogen-bond acceptors (Lipinski definition) is 5. The van der Waals surface area contributed by atoms with Crippen molar-refractivity contribution in [2.75, 3.05) is 13.1 Å². The summed E-state index contributed by atoms with van der Waals surface area (Å²) in [7, 11) is -3.39. The summed E-state index contributed by atoms with van der Waals surface area (Å²) in [5.74, 6) is 0.313. The number of halogens is 1. The zero-order valence-electron chi connectivity index (χ0n) is 10.3. The fourth-order valence-corrected chi connectivity index (χ4v) is 4.42. The fraction of sp³-hybridized carbons (Fsp3) is 0.700. The highest BCUT2D eigenvalue weighted by molar-refractivity contribution is 7.91. The molecule has 1 aromatic heterocycles. The van der Waals surface area contributed by atoms with E-state index in [-0.39, 0.29) is 18.4 Å². The summed E-state index contributed by atoms with van der Waals surface area (Å²) in [6, 6.07) is 0.0173. The van der Waals surface area contributed by atoms with Gasteiger partial charge < -0.3 is 5.32 Å². The molecule has 0 bridgehead atoms. The molecule has 0 aromatic carbocycles. The zero-order chi connectivity index (χ0) is 12.5. The van der Waals surface area contributed by atoms with E-state index in [1.807, 2.05) is 0 Å². The second-order valence-corrected chi connectivity index (χ2v) is 7.57. The van der Waals surface area contributed by atoms with Crippen LogP contribution >= 0.6 is 23.7 Å². The molecule has 2 N–H and O–H groups in total. The van der Waals surface area contributed by atoms with Crippen molar-refractivity contribution < 1.29 is 8.42 Å². The zero-order valence-corrected chi connectivity index (χ0v) is 12.8. The molecule has 8 heteroatoms. The van der Waals surface area contributed by atoms with E-state index >= 15 is 0 Å². The van der Waals surface area contributed by atoms with Gasteiger partial charge in [0.15, 0.2) is 4.21 Å². The van der Waals surface area contributed by atoms with Crippen LogP contribution in [0.5, 0.6) is 0 Å². The summed E-state index contributed by atoms with van der Waals surface area (Å²) in [5.41, 5.74) is 0. The minimum Gasteiger partial charge on any atom is -0.316 e. The monoisotopic (exact) mass is 311 g/mol. The van der Waals surface area contributed by atoms with Gasteiger partial charge in [-0.3, -0.25) is 0 Å². The smallest absolute Gasteiger partial charge is 0.251 e. The van der Waals surface area contributed by atoms with Crippen LogP contribution in [0.3, 0.4) is 0 Å². The number of aryl methyl sites for hydroxylation is 1. The summed E-state index contributed by atoms with van der Waals surface area (Å²) in [6.45, 7) is 5.57. The largest absolute Gasteiger partial charge is 0.316 e. The van der Waals surface area contributed by atoms with Crippen molar-refractivity contribution in [1.82, 2.24) is 15.0 Å². The van der Waals surface area contributed by atoms with Gasteiger partial charge in [0.1, 0.15) is 0 Å². The summed E-state index contributed by atoms with van der Waals surface area (Å²) in [6.07, 6.45) is 2.26. The molecule has 104 valence electrons. The molecule has 1 fully saturated rings. The predicted molar refractivity (Wildman–Crippen MR) is 74.9 cm³/mol. The van der Waals surface area contributed by atoms with Crippen LogP contribution in [0.4, 0.5) is 0 Å². The first-order chi connectivity index (χ1) is 7.99. The van der Waals surface area contributed by atoms with E-state index in [0.717, 1.165) is 24.5 Å². The Bertz CT molecular complexity index is 489. The van der Waals surface area contributed by atoms with Crippen molar-refractivity contribution in [3.8, 4) is 0 Å². The van der Waals surface area contributed by atoms with Crippen molar-refractivity contribution in [2.24, 2.45) is 5.92 Å². The number of rotatable bonds is 3. The predicted octanol–water partition coefficient (Wildman–Crippen LogP) is 1.15. The van der Waals surface area contributed by atoms with Gasteiger partial charge in [0.25, 0.3) is 10.0 Å². The van der Waals surface area contributed by atoms with Crippen LogP contribution in [0.1, 0.15) is 18.4 Å².